The van der Waals surface area contributed by atoms with Gasteiger partial charge in [0.2, 0.25) is 11.8 Å². The minimum absolute atomic E-state index is 0.0389. The monoisotopic (exact) mass is 396 g/mol. The predicted octanol–water partition coefficient (Wildman–Crippen LogP) is 3.31. The first-order valence-electron chi connectivity index (χ1n) is 9.11. The van der Waals surface area contributed by atoms with Gasteiger partial charge in [-0.3, -0.25) is 14.7 Å². The van der Waals surface area contributed by atoms with Crippen molar-refractivity contribution in [3.05, 3.63) is 53.5 Å². The van der Waals surface area contributed by atoms with E-state index in [0.29, 0.717) is 23.7 Å². The van der Waals surface area contributed by atoms with E-state index in [-0.39, 0.29) is 16.8 Å². The quantitative estimate of drug-likeness (QED) is 0.634. The molecule has 0 radical (unpaired) electrons. The summed E-state index contributed by atoms with van der Waals surface area (Å²) in [4.78, 5) is 24.9. The van der Waals surface area contributed by atoms with Crippen molar-refractivity contribution in [3.8, 4) is 0 Å². The third-order valence-electron chi connectivity index (χ3n) is 5.22. The molecule has 2 aliphatic rings. The van der Waals surface area contributed by atoms with E-state index in [1.807, 2.05) is 12.1 Å². The highest BCUT2D eigenvalue weighted by atomic mass is 32.2. The maximum Gasteiger partial charge on any atom is 0.247 e. The van der Waals surface area contributed by atoms with Crippen LogP contribution in [-0.2, 0) is 16.0 Å². The SMILES string of the molecule is O=C1CC[C@@H](C(=O)Nc2ccc3n[nH]c(C4Cc5ccccc5S4)c3c2F)N1. The zero-order valence-electron chi connectivity index (χ0n) is 14.8. The van der Waals surface area contributed by atoms with Gasteiger partial charge in [-0.1, -0.05) is 18.2 Å². The molecule has 2 atom stereocenters. The number of carbonyl (C=O) groups excluding carboxylic acids is 2. The number of hydrogen-bond acceptors (Lipinski definition) is 4. The molecule has 1 unspecified atom stereocenters. The molecule has 6 nitrogen and oxygen atoms in total. The standard InChI is InChI=1S/C20H17FN4O2S/c21-18-12(23-20(27)13-7-8-16(26)22-13)6-5-11-17(18)19(25-24-11)15-9-10-3-1-2-4-14(10)28-15/h1-6,13,15H,7-9H2,(H,22,26)(H,23,27)(H,24,25)/t13-,15?/m0/s1. The summed E-state index contributed by atoms with van der Waals surface area (Å²) in [7, 11) is 0. The van der Waals surface area contributed by atoms with Crippen molar-refractivity contribution >= 4 is 40.2 Å². The number of thioether (sulfide) groups is 1. The smallest absolute Gasteiger partial charge is 0.247 e. The van der Waals surface area contributed by atoms with Crippen LogP contribution in [0.4, 0.5) is 10.1 Å². The molecule has 2 amide bonds. The highest BCUT2D eigenvalue weighted by molar-refractivity contribution is 7.99. The zero-order chi connectivity index (χ0) is 19.3. The molecule has 1 saturated heterocycles. The van der Waals surface area contributed by atoms with E-state index in [9.17, 15) is 9.59 Å². The zero-order valence-corrected chi connectivity index (χ0v) is 15.6. The fourth-order valence-corrected chi connectivity index (χ4v) is 5.11. The third-order valence-corrected chi connectivity index (χ3v) is 6.56. The molecule has 0 spiro atoms. The number of hydrogen-bond donors (Lipinski definition) is 3. The lowest BCUT2D eigenvalue weighted by molar-refractivity contribution is -0.122. The van der Waals surface area contributed by atoms with Crippen LogP contribution in [0.25, 0.3) is 10.9 Å². The number of aromatic amines is 1. The summed E-state index contributed by atoms with van der Waals surface area (Å²) in [6.07, 6.45) is 1.52. The van der Waals surface area contributed by atoms with Crippen LogP contribution >= 0.6 is 11.8 Å². The molecule has 1 aromatic heterocycles. The number of amides is 2. The van der Waals surface area contributed by atoms with Crippen molar-refractivity contribution < 1.29 is 14.0 Å². The summed E-state index contributed by atoms with van der Waals surface area (Å²) in [6.45, 7) is 0. The van der Waals surface area contributed by atoms with E-state index in [0.717, 1.165) is 12.1 Å². The van der Waals surface area contributed by atoms with Gasteiger partial charge in [0.05, 0.1) is 27.5 Å². The van der Waals surface area contributed by atoms with Crippen LogP contribution in [-0.4, -0.2) is 28.1 Å². The van der Waals surface area contributed by atoms with E-state index in [1.54, 1.807) is 17.8 Å². The van der Waals surface area contributed by atoms with Gasteiger partial charge in [-0.05, 0) is 36.6 Å². The Kier molecular flexibility index (Phi) is 4.08. The molecule has 142 valence electrons. The lowest BCUT2D eigenvalue weighted by Crippen LogP contribution is -2.37. The number of aromatic nitrogens is 2. The lowest BCUT2D eigenvalue weighted by atomic mass is 10.1. The molecule has 3 heterocycles. The molecule has 2 aliphatic heterocycles. The molecule has 2 aromatic carbocycles. The Morgan fingerprint density at radius 1 is 1.25 bits per heavy atom. The molecule has 8 heteroatoms. The molecule has 0 saturated carbocycles. The van der Waals surface area contributed by atoms with Crippen LogP contribution < -0.4 is 10.6 Å². The Morgan fingerprint density at radius 3 is 2.89 bits per heavy atom. The molecule has 5 rings (SSSR count). The number of benzene rings is 2. The molecule has 3 N–H and O–H groups in total. The fraction of sp³-hybridized carbons (Fsp3) is 0.250. The first kappa shape index (κ1) is 17.2. The highest BCUT2D eigenvalue weighted by Gasteiger charge is 2.30. The second-order valence-electron chi connectivity index (χ2n) is 7.02. The molecular formula is C20H17FN4O2S. The second kappa shape index (κ2) is 6.63. The van der Waals surface area contributed by atoms with Gasteiger partial charge in [0, 0.05) is 11.3 Å². The third kappa shape index (κ3) is 2.84. The molecule has 3 aromatic rings. The van der Waals surface area contributed by atoms with E-state index in [4.69, 9.17) is 0 Å². The van der Waals surface area contributed by atoms with Crippen LogP contribution in [0.3, 0.4) is 0 Å². The molecule has 0 bridgehead atoms. The number of H-pyrrole nitrogens is 1. The number of rotatable bonds is 3. The molecule has 28 heavy (non-hydrogen) atoms. The fourth-order valence-electron chi connectivity index (χ4n) is 3.79. The summed E-state index contributed by atoms with van der Waals surface area (Å²) in [5.74, 6) is -1.07. The van der Waals surface area contributed by atoms with Gasteiger partial charge in [0.1, 0.15) is 6.04 Å². The number of fused-ring (bicyclic) bond motifs is 2. The normalized spacial score (nSPS) is 21.0. The Hall–Kier alpha value is -2.87. The van der Waals surface area contributed by atoms with Crippen molar-refractivity contribution in [2.24, 2.45) is 0 Å². The van der Waals surface area contributed by atoms with Crippen molar-refractivity contribution in [1.29, 1.82) is 0 Å². The maximum absolute atomic E-state index is 15.3. The number of nitrogens with zero attached hydrogens (tertiary/aromatic N) is 1. The highest BCUT2D eigenvalue weighted by Crippen LogP contribution is 2.47. The van der Waals surface area contributed by atoms with Gasteiger partial charge in [-0.25, -0.2) is 4.39 Å². The summed E-state index contributed by atoms with van der Waals surface area (Å²) < 4.78 is 15.3. The van der Waals surface area contributed by atoms with Gasteiger partial charge in [0.15, 0.2) is 5.82 Å². The summed E-state index contributed by atoms with van der Waals surface area (Å²) in [6, 6.07) is 10.7. The molecular weight excluding hydrogens is 379 g/mol. The largest absolute Gasteiger partial charge is 0.344 e. The average Bonchev–Trinajstić information content (AvgIpc) is 3.40. The predicted molar refractivity (Wildman–Crippen MR) is 105 cm³/mol. The topological polar surface area (TPSA) is 86.9 Å². The minimum Gasteiger partial charge on any atom is -0.344 e. The van der Waals surface area contributed by atoms with Gasteiger partial charge >= 0.3 is 0 Å². The van der Waals surface area contributed by atoms with Gasteiger partial charge in [-0.15, -0.1) is 11.8 Å². The van der Waals surface area contributed by atoms with E-state index in [1.165, 1.54) is 16.5 Å². The lowest BCUT2D eigenvalue weighted by Gasteiger charge is -2.13. The Bertz CT molecular complexity index is 1090. The van der Waals surface area contributed by atoms with Crippen molar-refractivity contribution in [2.45, 2.75) is 35.4 Å². The maximum atomic E-state index is 15.3. The number of nitrogens with one attached hydrogen (secondary N) is 3. The Balaban J connectivity index is 1.45. The van der Waals surface area contributed by atoms with Gasteiger partial charge in [-0.2, -0.15) is 5.10 Å². The van der Waals surface area contributed by atoms with E-state index >= 15 is 4.39 Å². The summed E-state index contributed by atoms with van der Waals surface area (Å²) >= 11 is 1.69. The van der Waals surface area contributed by atoms with Crippen LogP contribution in [0.5, 0.6) is 0 Å². The molecule has 1 fully saturated rings. The first-order chi connectivity index (χ1) is 13.6. The van der Waals surface area contributed by atoms with Gasteiger partial charge < -0.3 is 10.6 Å². The van der Waals surface area contributed by atoms with Crippen LogP contribution in [0.1, 0.15) is 29.3 Å². The summed E-state index contributed by atoms with van der Waals surface area (Å²) in [5, 5.41) is 12.9. The number of anilines is 1. The van der Waals surface area contributed by atoms with Crippen molar-refractivity contribution in [3.63, 3.8) is 0 Å². The van der Waals surface area contributed by atoms with Gasteiger partial charge in [0.25, 0.3) is 0 Å². The first-order valence-corrected chi connectivity index (χ1v) is 9.99. The second-order valence-corrected chi connectivity index (χ2v) is 8.27. The van der Waals surface area contributed by atoms with Crippen LogP contribution in [0.15, 0.2) is 41.3 Å². The molecule has 0 aliphatic carbocycles. The van der Waals surface area contributed by atoms with Crippen molar-refractivity contribution in [2.75, 3.05) is 5.32 Å². The minimum atomic E-state index is -0.619. The average molecular weight is 396 g/mol. The van der Waals surface area contributed by atoms with E-state index < -0.39 is 17.8 Å². The van der Waals surface area contributed by atoms with Crippen LogP contribution in [0.2, 0.25) is 0 Å². The Labute approximate surface area is 164 Å². The summed E-state index contributed by atoms with van der Waals surface area (Å²) in [5.41, 5.74) is 2.58. The van der Waals surface area contributed by atoms with E-state index in [2.05, 4.69) is 33.0 Å². The number of carbonyl (C=O) groups is 2. The van der Waals surface area contributed by atoms with Crippen molar-refractivity contribution in [1.82, 2.24) is 15.5 Å². The van der Waals surface area contributed by atoms with Crippen LogP contribution in [0, 0.1) is 5.82 Å². The number of halogens is 1. The Morgan fingerprint density at radius 2 is 2.11 bits per heavy atom.